The first-order valence-corrected chi connectivity index (χ1v) is 24.1. The number of H-pyrrole nitrogens is 2. The maximum absolute atomic E-state index is 6.42. The molecule has 2 N–H and O–H groups in total. The standard InChI is InChI=1S/C52H60N10O3/c1-4-7-10-13-15-18-27-63-35-23-25-37-41(31-35)49-55-45(37)53-47-40-30-34-21-20-22-44(65-29-17-12-9-6-3)39(34)33-43(40)48(57-47)54-46-38-26-24-36(64-28-19-16-14-11-8-5-2)32-42(38)50(56-46)59-52-60-51(58-49)61-62-52/h20-26,30-33H,4-19,27-29H2,1-3H3,(H2,53,54,55,56,57,58,59,60,61,62). The molecule has 0 fully saturated rings. The Morgan fingerprint density at radius 1 is 0.400 bits per heavy atom. The van der Waals surface area contributed by atoms with Gasteiger partial charge in [0.05, 0.1) is 19.8 Å². The predicted octanol–water partition coefficient (Wildman–Crippen LogP) is 14.5. The van der Waals surface area contributed by atoms with Crippen LogP contribution in [-0.2, 0) is 0 Å². The average molecular weight is 873 g/mol. The van der Waals surface area contributed by atoms with Gasteiger partial charge in [-0.1, -0.05) is 116 Å². The molecule has 5 heterocycles. The molecule has 0 unspecified atom stereocenters. The van der Waals surface area contributed by atoms with Crippen LogP contribution < -0.4 is 14.2 Å². The molecule has 3 aromatic heterocycles. The van der Waals surface area contributed by atoms with Gasteiger partial charge >= 0.3 is 0 Å². The average Bonchev–Trinajstić information content (AvgIpc) is 4.08. The number of unbranched alkanes of at least 4 members (excludes halogenated alkanes) is 13. The third-order valence-corrected chi connectivity index (χ3v) is 12.2. The molecule has 0 radical (unpaired) electrons. The summed E-state index contributed by atoms with van der Waals surface area (Å²) in [6.45, 7) is 8.64. The molecule has 0 atom stereocenters. The fraction of sp³-hybridized carbons (Fsp3) is 0.423. The molecule has 8 bridgehead atoms. The molecule has 2 aliphatic heterocycles. The van der Waals surface area contributed by atoms with Crippen molar-refractivity contribution < 1.29 is 14.2 Å². The third kappa shape index (κ3) is 10.2. The molecule has 2 aliphatic rings. The SMILES string of the molecule is CCCCCCCCOc1ccc2c3nc4nc(nc5[nH]c(nc6nc(nc([nH]3)c2c1)N=N6)c1cc(OCCCCCCCC)ccc51)-c1cc2c(OCCCCCC)cccc2cc1-4. The smallest absolute Gasteiger partial charge is 0.274 e. The Labute approximate surface area is 380 Å². The van der Waals surface area contributed by atoms with E-state index in [4.69, 9.17) is 39.1 Å². The summed E-state index contributed by atoms with van der Waals surface area (Å²) in [7, 11) is 0. The normalized spacial score (nSPS) is 12.1. The highest BCUT2D eigenvalue weighted by atomic mass is 16.5. The van der Waals surface area contributed by atoms with Gasteiger partial charge in [-0.2, -0.15) is 15.0 Å². The maximum Gasteiger partial charge on any atom is 0.274 e. The molecule has 336 valence electrons. The van der Waals surface area contributed by atoms with Crippen molar-refractivity contribution in [3.05, 3.63) is 66.7 Å². The van der Waals surface area contributed by atoms with E-state index in [0.717, 1.165) is 99.2 Å². The van der Waals surface area contributed by atoms with E-state index in [1.54, 1.807) is 0 Å². The number of aromatic nitrogens is 8. The number of fused-ring (bicyclic) bond motifs is 18. The van der Waals surface area contributed by atoms with Crippen molar-refractivity contribution in [3.8, 4) is 40.0 Å². The largest absolute Gasteiger partial charge is 0.494 e. The third-order valence-electron chi connectivity index (χ3n) is 12.2. The summed E-state index contributed by atoms with van der Waals surface area (Å²) >= 11 is 0. The van der Waals surface area contributed by atoms with Gasteiger partial charge in [0.15, 0.2) is 11.6 Å². The minimum Gasteiger partial charge on any atom is -0.494 e. The van der Waals surface area contributed by atoms with E-state index in [0.29, 0.717) is 54.1 Å². The van der Waals surface area contributed by atoms with E-state index in [1.165, 1.54) is 64.2 Å². The highest BCUT2D eigenvalue weighted by Gasteiger charge is 2.23. The molecule has 9 rings (SSSR count). The van der Waals surface area contributed by atoms with Crippen LogP contribution in [-0.4, -0.2) is 59.7 Å². The molecule has 4 aromatic carbocycles. The van der Waals surface area contributed by atoms with Crippen LogP contribution in [0.25, 0.3) is 77.7 Å². The lowest BCUT2D eigenvalue weighted by molar-refractivity contribution is 0.304. The van der Waals surface area contributed by atoms with Crippen molar-refractivity contribution in [1.82, 2.24) is 39.9 Å². The number of azo groups is 1. The molecule has 0 amide bonds. The van der Waals surface area contributed by atoms with Crippen LogP contribution in [0.15, 0.2) is 77.0 Å². The van der Waals surface area contributed by atoms with Gasteiger partial charge in [-0.15, -0.1) is 10.2 Å². The highest BCUT2D eigenvalue weighted by Crippen LogP contribution is 2.41. The highest BCUT2D eigenvalue weighted by molar-refractivity contribution is 6.07. The van der Waals surface area contributed by atoms with Crippen LogP contribution in [0.3, 0.4) is 0 Å². The van der Waals surface area contributed by atoms with Gasteiger partial charge in [0.2, 0.25) is 0 Å². The molecule has 0 aliphatic carbocycles. The maximum atomic E-state index is 6.42. The molecular formula is C52H60N10O3. The van der Waals surface area contributed by atoms with Crippen molar-refractivity contribution >= 4 is 66.8 Å². The van der Waals surface area contributed by atoms with E-state index in [-0.39, 0.29) is 11.9 Å². The predicted molar refractivity (Wildman–Crippen MR) is 261 cm³/mol. The first-order valence-electron chi connectivity index (χ1n) is 24.1. The second kappa shape index (κ2) is 21.0. The monoisotopic (exact) mass is 872 g/mol. The summed E-state index contributed by atoms with van der Waals surface area (Å²) in [4.78, 5) is 37.0. The topological polar surface area (TPSA) is 161 Å². The summed E-state index contributed by atoms with van der Waals surface area (Å²) in [5.74, 6) is 3.73. The van der Waals surface area contributed by atoms with Gasteiger partial charge in [0, 0.05) is 38.1 Å². The van der Waals surface area contributed by atoms with Gasteiger partial charge in [-0.05, 0) is 79.2 Å². The van der Waals surface area contributed by atoms with E-state index < -0.39 is 0 Å². The lowest BCUT2D eigenvalue weighted by Gasteiger charge is -2.11. The van der Waals surface area contributed by atoms with Crippen molar-refractivity contribution in [3.63, 3.8) is 0 Å². The first kappa shape index (κ1) is 43.7. The molecular weight excluding hydrogens is 813 g/mol. The fourth-order valence-corrected chi connectivity index (χ4v) is 8.65. The van der Waals surface area contributed by atoms with Gasteiger partial charge in [-0.3, -0.25) is 0 Å². The van der Waals surface area contributed by atoms with Crippen LogP contribution in [0.4, 0.5) is 11.9 Å². The number of benzene rings is 4. The van der Waals surface area contributed by atoms with Crippen molar-refractivity contribution in [2.45, 2.75) is 124 Å². The Morgan fingerprint density at radius 2 is 0.877 bits per heavy atom. The lowest BCUT2D eigenvalue weighted by Crippen LogP contribution is -1.98. The number of aromatic amines is 2. The zero-order valence-corrected chi connectivity index (χ0v) is 38.1. The van der Waals surface area contributed by atoms with E-state index in [9.17, 15) is 0 Å². The minimum absolute atomic E-state index is 0.167. The molecule has 7 aromatic rings. The zero-order valence-electron chi connectivity index (χ0n) is 38.1. The molecule has 0 saturated carbocycles. The van der Waals surface area contributed by atoms with Crippen molar-refractivity contribution in [2.75, 3.05) is 19.8 Å². The number of nitrogens with zero attached hydrogens (tertiary/aromatic N) is 8. The van der Waals surface area contributed by atoms with Crippen LogP contribution in [0.2, 0.25) is 0 Å². The van der Waals surface area contributed by atoms with Gasteiger partial charge in [-0.25, -0.2) is 15.0 Å². The number of hydrogen-bond donors (Lipinski definition) is 2. The Bertz CT molecular complexity index is 2980. The molecule has 13 heteroatoms. The van der Waals surface area contributed by atoms with Crippen molar-refractivity contribution in [2.24, 2.45) is 10.2 Å². The van der Waals surface area contributed by atoms with Gasteiger partial charge in [0.25, 0.3) is 11.9 Å². The Hall–Kier alpha value is -6.50. The summed E-state index contributed by atoms with van der Waals surface area (Å²) in [5.41, 5.74) is 3.95. The van der Waals surface area contributed by atoms with Crippen LogP contribution in [0, 0.1) is 0 Å². The van der Waals surface area contributed by atoms with Gasteiger partial charge in [0.1, 0.15) is 39.8 Å². The van der Waals surface area contributed by atoms with Crippen LogP contribution in [0.5, 0.6) is 17.2 Å². The van der Waals surface area contributed by atoms with Crippen LogP contribution >= 0.6 is 0 Å². The van der Waals surface area contributed by atoms with Crippen LogP contribution in [0.1, 0.15) is 124 Å². The molecule has 13 nitrogen and oxygen atoms in total. The zero-order chi connectivity index (χ0) is 44.4. The summed E-state index contributed by atoms with van der Waals surface area (Å²) in [6.07, 6.45) is 18.8. The Balaban J connectivity index is 1.17. The van der Waals surface area contributed by atoms with Gasteiger partial charge < -0.3 is 24.2 Å². The number of nitrogens with one attached hydrogen (secondary N) is 2. The molecule has 65 heavy (non-hydrogen) atoms. The summed E-state index contributed by atoms with van der Waals surface area (Å²) in [6, 6.07) is 22.5. The lowest BCUT2D eigenvalue weighted by atomic mass is 10.0. The Morgan fingerprint density at radius 3 is 1.43 bits per heavy atom. The summed E-state index contributed by atoms with van der Waals surface area (Å²) in [5, 5.41) is 14.0. The number of ether oxygens (including phenoxy) is 3. The van der Waals surface area contributed by atoms with Crippen molar-refractivity contribution in [1.29, 1.82) is 0 Å². The Kier molecular flexibility index (Phi) is 14.1. The summed E-state index contributed by atoms with van der Waals surface area (Å²) < 4.78 is 19.0. The number of rotatable bonds is 22. The van der Waals surface area contributed by atoms with E-state index in [1.807, 2.05) is 48.5 Å². The van der Waals surface area contributed by atoms with E-state index in [2.05, 4.69) is 64.2 Å². The van der Waals surface area contributed by atoms with E-state index >= 15 is 0 Å². The minimum atomic E-state index is 0.167. The number of hydrogen-bond acceptors (Lipinski definition) is 11. The quantitative estimate of drug-likeness (QED) is 0.0631. The molecule has 0 spiro atoms. The molecule has 0 saturated heterocycles. The second-order valence-corrected chi connectivity index (χ2v) is 17.2. The fourth-order valence-electron chi connectivity index (χ4n) is 8.65. The first-order chi connectivity index (χ1) is 32.1. The second-order valence-electron chi connectivity index (χ2n) is 17.2.